The van der Waals surface area contributed by atoms with Crippen molar-refractivity contribution < 1.29 is 28.5 Å². The van der Waals surface area contributed by atoms with Crippen LogP contribution in [0.25, 0.3) is 0 Å². The van der Waals surface area contributed by atoms with Crippen molar-refractivity contribution in [1.82, 2.24) is 0 Å². The molecule has 4 rings (SSSR count). The summed E-state index contributed by atoms with van der Waals surface area (Å²) in [5.41, 5.74) is 4.83. The van der Waals surface area contributed by atoms with Gasteiger partial charge in [-0.05, 0) is 49.4 Å². The molecular formula is C29H33NO6. The van der Waals surface area contributed by atoms with Crippen LogP contribution in [0, 0.1) is 12.8 Å². The van der Waals surface area contributed by atoms with Crippen molar-refractivity contribution in [2.24, 2.45) is 10.9 Å². The van der Waals surface area contributed by atoms with Gasteiger partial charge in [-0.15, -0.1) is 0 Å². The van der Waals surface area contributed by atoms with E-state index in [0.29, 0.717) is 42.2 Å². The first-order valence-corrected chi connectivity index (χ1v) is 12.1. The van der Waals surface area contributed by atoms with E-state index in [1.165, 1.54) is 0 Å². The molecule has 190 valence electrons. The Hall–Kier alpha value is -3.45. The highest BCUT2D eigenvalue weighted by Gasteiger charge is 2.46. The number of aryl methyl sites for hydroxylation is 1. The van der Waals surface area contributed by atoms with Gasteiger partial charge in [0.25, 0.3) is 0 Å². The van der Waals surface area contributed by atoms with Crippen molar-refractivity contribution in [3.05, 3.63) is 70.4 Å². The van der Waals surface area contributed by atoms with Crippen molar-refractivity contribution in [3.8, 4) is 11.5 Å². The average molecular weight is 492 g/mol. The van der Waals surface area contributed by atoms with Crippen molar-refractivity contribution in [3.63, 3.8) is 0 Å². The standard InChI is InChI=1S/C29H33NO6/c1-17-7-6-8-20(13-17)27-26(29(32)36-12-11-33-3)18(2)30-22-14-21(15-23(31)28(22)27)19-9-10-24(34-4)25(16-19)35-5/h6-10,13,16,21,27-28H,11-12,14-15H2,1-5H3/t21-,27-,28?/m1/s1. The number of fused-ring (bicyclic) bond motifs is 1. The van der Waals surface area contributed by atoms with Crippen LogP contribution in [-0.2, 0) is 19.1 Å². The highest BCUT2D eigenvalue weighted by molar-refractivity contribution is 6.12. The molecule has 36 heavy (non-hydrogen) atoms. The Morgan fingerprint density at radius 1 is 0.917 bits per heavy atom. The molecule has 7 heteroatoms. The second-order valence-corrected chi connectivity index (χ2v) is 9.29. The van der Waals surface area contributed by atoms with Crippen LogP contribution in [0.4, 0.5) is 0 Å². The second kappa shape index (κ2) is 11.1. The maximum atomic E-state index is 13.8. The van der Waals surface area contributed by atoms with E-state index in [1.54, 1.807) is 21.3 Å². The van der Waals surface area contributed by atoms with Crippen LogP contribution in [0.1, 0.15) is 48.3 Å². The third kappa shape index (κ3) is 5.07. The first-order valence-electron chi connectivity index (χ1n) is 12.1. The quantitative estimate of drug-likeness (QED) is 0.391. The number of carbonyl (C=O) groups excluding carboxylic acids is 2. The largest absolute Gasteiger partial charge is 0.493 e. The zero-order valence-electron chi connectivity index (χ0n) is 21.5. The van der Waals surface area contributed by atoms with Crippen LogP contribution in [-0.4, -0.2) is 52.0 Å². The topological polar surface area (TPSA) is 83.4 Å². The third-order valence-electron chi connectivity index (χ3n) is 6.98. The lowest BCUT2D eigenvalue weighted by molar-refractivity contribution is -0.140. The van der Waals surface area contributed by atoms with E-state index < -0.39 is 17.8 Å². The van der Waals surface area contributed by atoms with E-state index in [9.17, 15) is 9.59 Å². The summed E-state index contributed by atoms with van der Waals surface area (Å²) in [5.74, 6) is -0.0811. The van der Waals surface area contributed by atoms with Gasteiger partial charge in [0.2, 0.25) is 0 Å². The normalized spacial score (nSPS) is 21.5. The monoisotopic (exact) mass is 491 g/mol. The molecule has 2 aromatic rings. The highest BCUT2D eigenvalue weighted by Crippen LogP contribution is 2.46. The SMILES string of the molecule is COCCOC(=O)C1=C(C)N=C2C[C@@H](c3ccc(OC)c(OC)c3)CC(=O)C2[C@@H]1c1cccc(C)c1. The van der Waals surface area contributed by atoms with Gasteiger partial charge in [-0.1, -0.05) is 35.9 Å². The predicted octanol–water partition coefficient (Wildman–Crippen LogP) is 4.78. The van der Waals surface area contributed by atoms with Gasteiger partial charge in [0, 0.05) is 30.9 Å². The summed E-state index contributed by atoms with van der Waals surface area (Å²) in [7, 11) is 4.75. The number of esters is 1. The molecule has 2 aromatic carbocycles. The number of rotatable bonds is 8. The molecule has 1 saturated carbocycles. The number of hydrogen-bond acceptors (Lipinski definition) is 7. The summed E-state index contributed by atoms with van der Waals surface area (Å²) >= 11 is 0. The lowest BCUT2D eigenvalue weighted by atomic mass is 9.66. The van der Waals surface area contributed by atoms with E-state index in [4.69, 9.17) is 23.9 Å². The molecular weight excluding hydrogens is 458 g/mol. The van der Waals surface area contributed by atoms with Gasteiger partial charge in [-0.25, -0.2) is 4.79 Å². The Bertz CT molecular complexity index is 1210. The molecule has 0 N–H and O–H groups in total. The van der Waals surface area contributed by atoms with E-state index in [1.807, 2.05) is 56.3 Å². The second-order valence-electron chi connectivity index (χ2n) is 9.29. The average Bonchev–Trinajstić information content (AvgIpc) is 2.87. The summed E-state index contributed by atoms with van der Waals surface area (Å²) in [5, 5.41) is 0. The Morgan fingerprint density at radius 3 is 2.39 bits per heavy atom. The molecule has 0 spiro atoms. The molecule has 1 aliphatic carbocycles. The molecule has 3 atom stereocenters. The van der Waals surface area contributed by atoms with E-state index in [-0.39, 0.29) is 18.3 Å². The Morgan fingerprint density at radius 2 is 1.69 bits per heavy atom. The minimum atomic E-state index is -0.503. The first kappa shape index (κ1) is 25.6. The van der Waals surface area contributed by atoms with Crippen molar-refractivity contribution in [2.45, 2.75) is 38.5 Å². The molecule has 0 saturated heterocycles. The molecule has 0 aromatic heterocycles. The maximum Gasteiger partial charge on any atom is 0.336 e. The van der Waals surface area contributed by atoms with Crippen LogP contribution < -0.4 is 9.47 Å². The number of methoxy groups -OCH3 is 3. The molecule has 1 fully saturated rings. The molecule has 0 amide bonds. The number of ketones is 1. The van der Waals surface area contributed by atoms with Crippen LogP contribution >= 0.6 is 0 Å². The molecule has 2 aliphatic rings. The molecule has 1 aliphatic heterocycles. The van der Waals surface area contributed by atoms with Crippen LogP contribution in [0.2, 0.25) is 0 Å². The van der Waals surface area contributed by atoms with Gasteiger partial charge >= 0.3 is 5.97 Å². The number of benzene rings is 2. The van der Waals surface area contributed by atoms with Crippen molar-refractivity contribution >= 4 is 17.5 Å². The van der Waals surface area contributed by atoms with Crippen molar-refractivity contribution in [1.29, 1.82) is 0 Å². The molecule has 7 nitrogen and oxygen atoms in total. The summed E-state index contributed by atoms with van der Waals surface area (Å²) < 4.78 is 21.4. The third-order valence-corrected chi connectivity index (χ3v) is 6.98. The Kier molecular flexibility index (Phi) is 7.89. The maximum absolute atomic E-state index is 13.8. The summed E-state index contributed by atoms with van der Waals surface area (Å²) in [6.45, 7) is 4.27. The van der Waals surface area contributed by atoms with E-state index >= 15 is 0 Å². The Balaban J connectivity index is 1.74. The van der Waals surface area contributed by atoms with Crippen LogP contribution in [0.5, 0.6) is 11.5 Å². The number of aliphatic imine (C=N–C) groups is 1. The van der Waals surface area contributed by atoms with Gasteiger partial charge in [-0.2, -0.15) is 0 Å². The van der Waals surface area contributed by atoms with Gasteiger partial charge in [-0.3, -0.25) is 9.79 Å². The summed E-state index contributed by atoms with van der Waals surface area (Å²) in [6.07, 6.45) is 0.976. The fourth-order valence-electron chi connectivity index (χ4n) is 5.30. The van der Waals surface area contributed by atoms with E-state index in [0.717, 1.165) is 22.4 Å². The number of allylic oxidation sites excluding steroid dienone is 1. The number of hydrogen-bond donors (Lipinski definition) is 0. The predicted molar refractivity (Wildman–Crippen MR) is 137 cm³/mol. The molecule has 0 radical (unpaired) electrons. The fourth-order valence-corrected chi connectivity index (χ4v) is 5.30. The first-order chi connectivity index (χ1) is 17.4. The smallest absolute Gasteiger partial charge is 0.336 e. The van der Waals surface area contributed by atoms with Gasteiger partial charge < -0.3 is 18.9 Å². The number of nitrogens with zero attached hydrogens (tertiary/aromatic N) is 1. The zero-order valence-corrected chi connectivity index (χ0v) is 21.5. The Labute approximate surface area is 212 Å². The van der Waals surface area contributed by atoms with Crippen molar-refractivity contribution in [2.75, 3.05) is 34.5 Å². The van der Waals surface area contributed by atoms with Gasteiger partial charge in [0.1, 0.15) is 12.4 Å². The number of Topliss-reactive ketones (excluding diaryl/α,β-unsaturated/α-hetero) is 1. The summed E-state index contributed by atoms with van der Waals surface area (Å²) in [6, 6.07) is 13.7. The molecule has 0 bridgehead atoms. The fraction of sp³-hybridized carbons (Fsp3) is 0.414. The minimum Gasteiger partial charge on any atom is -0.493 e. The van der Waals surface area contributed by atoms with Crippen LogP contribution in [0.15, 0.2) is 58.7 Å². The van der Waals surface area contributed by atoms with Gasteiger partial charge in [0.05, 0.1) is 32.3 Å². The van der Waals surface area contributed by atoms with Crippen LogP contribution in [0.3, 0.4) is 0 Å². The lowest BCUT2D eigenvalue weighted by Gasteiger charge is -2.38. The number of carbonyl (C=O) groups is 2. The van der Waals surface area contributed by atoms with E-state index in [2.05, 4.69) is 0 Å². The van der Waals surface area contributed by atoms with Gasteiger partial charge in [0.15, 0.2) is 11.5 Å². The summed E-state index contributed by atoms with van der Waals surface area (Å²) in [4.78, 5) is 31.8. The zero-order chi connectivity index (χ0) is 25.8. The highest BCUT2D eigenvalue weighted by atomic mass is 16.6. The molecule has 1 unspecified atom stereocenters. The number of ether oxygens (including phenoxy) is 4. The minimum absolute atomic E-state index is 0.0338. The lowest BCUT2D eigenvalue weighted by Crippen LogP contribution is -2.41. The molecule has 1 heterocycles.